The molecule has 10 nitrogen and oxygen atoms in total. The molecule has 2 N–H and O–H groups in total. The number of anilines is 2. The Morgan fingerprint density at radius 3 is 2.41 bits per heavy atom. The van der Waals surface area contributed by atoms with Crippen LogP contribution in [0.5, 0.6) is 0 Å². The Labute approximate surface area is 171 Å². The van der Waals surface area contributed by atoms with Gasteiger partial charge in [-0.3, -0.25) is 4.57 Å². The number of hydrogen-bond donors (Lipinski definition) is 1. The highest BCUT2D eigenvalue weighted by atomic mass is 31.2. The van der Waals surface area contributed by atoms with Gasteiger partial charge in [0.05, 0.1) is 25.1 Å². The van der Waals surface area contributed by atoms with E-state index in [2.05, 4.69) is 19.9 Å². The van der Waals surface area contributed by atoms with Crippen molar-refractivity contribution in [2.45, 2.75) is 59.3 Å². The molecule has 0 aromatic carbocycles. The molecule has 2 aromatic heterocycles. The molecule has 1 aliphatic rings. The van der Waals surface area contributed by atoms with Crippen LogP contribution in [0, 0.1) is 0 Å². The second kappa shape index (κ2) is 9.38. The van der Waals surface area contributed by atoms with Crippen LogP contribution in [-0.4, -0.2) is 57.8 Å². The SMILES string of the molecule is CC(C)OP(=O)(COCCn1cnc2c(N3CCCC3)nc(N)nc21)OC(C)C. The van der Waals surface area contributed by atoms with Crippen molar-refractivity contribution in [2.75, 3.05) is 36.7 Å². The number of rotatable bonds is 10. The number of ether oxygens (including phenoxy) is 1. The van der Waals surface area contributed by atoms with E-state index in [1.807, 2.05) is 32.3 Å². The molecule has 11 heteroatoms. The van der Waals surface area contributed by atoms with Crippen molar-refractivity contribution >= 4 is 30.5 Å². The summed E-state index contributed by atoms with van der Waals surface area (Å²) in [6.45, 7) is 9.94. The molecule has 0 saturated carbocycles. The highest BCUT2D eigenvalue weighted by molar-refractivity contribution is 7.53. The van der Waals surface area contributed by atoms with Crippen molar-refractivity contribution in [3.8, 4) is 0 Å². The van der Waals surface area contributed by atoms with Crippen molar-refractivity contribution in [3.05, 3.63) is 6.33 Å². The fourth-order valence-electron chi connectivity index (χ4n) is 3.33. The molecule has 2 aromatic rings. The molecule has 29 heavy (non-hydrogen) atoms. The third-order valence-corrected chi connectivity index (χ3v) is 6.32. The van der Waals surface area contributed by atoms with Crippen LogP contribution >= 0.6 is 7.60 Å². The van der Waals surface area contributed by atoms with Crippen molar-refractivity contribution in [2.24, 2.45) is 0 Å². The first-order valence-corrected chi connectivity index (χ1v) is 11.8. The van der Waals surface area contributed by atoms with Crippen molar-refractivity contribution in [1.29, 1.82) is 0 Å². The fourth-order valence-corrected chi connectivity index (χ4v) is 5.14. The second-order valence-corrected chi connectivity index (χ2v) is 9.57. The van der Waals surface area contributed by atoms with Gasteiger partial charge < -0.3 is 29.0 Å². The Bertz CT molecular complexity index is 851. The molecule has 0 atom stereocenters. The molecule has 0 radical (unpaired) electrons. The molecule has 0 amide bonds. The topological polar surface area (TPSA) is 118 Å². The minimum Gasteiger partial charge on any atom is -0.368 e. The van der Waals surface area contributed by atoms with Crippen LogP contribution < -0.4 is 10.6 Å². The average Bonchev–Trinajstić information content (AvgIpc) is 3.27. The zero-order valence-electron chi connectivity index (χ0n) is 17.6. The van der Waals surface area contributed by atoms with Gasteiger partial charge in [-0.1, -0.05) is 0 Å². The number of nitrogen functional groups attached to an aromatic ring is 1. The first-order chi connectivity index (χ1) is 13.8. The van der Waals surface area contributed by atoms with Crippen LogP contribution in [0.3, 0.4) is 0 Å². The molecule has 1 aliphatic heterocycles. The first kappa shape index (κ1) is 22.0. The summed E-state index contributed by atoms with van der Waals surface area (Å²) >= 11 is 0. The Kier molecular flexibility index (Phi) is 7.10. The van der Waals surface area contributed by atoms with Crippen LogP contribution in [0.4, 0.5) is 11.8 Å². The smallest absolute Gasteiger partial charge is 0.356 e. The van der Waals surface area contributed by atoms with Gasteiger partial charge in [0.1, 0.15) is 6.35 Å². The minimum atomic E-state index is -3.32. The molecule has 1 saturated heterocycles. The minimum absolute atomic E-state index is 0.105. The van der Waals surface area contributed by atoms with Crippen molar-refractivity contribution in [3.63, 3.8) is 0 Å². The van der Waals surface area contributed by atoms with E-state index < -0.39 is 7.60 Å². The van der Waals surface area contributed by atoms with E-state index in [0.717, 1.165) is 37.3 Å². The van der Waals surface area contributed by atoms with E-state index in [0.29, 0.717) is 18.8 Å². The third-order valence-electron chi connectivity index (χ3n) is 4.34. The van der Waals surface area contributed by atoms with Crippen LogP contribution in [0.1, 0.15) is 40.5 Å². The zero-order chi connectivity index (χ0) is 21.0. The summed E-state index contributed by atoms with van der Waals surface area (Å²) in [7, 11) is -3.32. The van der Waals surface area contributed by atoms with Gasteiger partial charge in [0.2, 0.25) is 5.95 Å². The lowest BCUT2D eigenvalue weighted by Gasteiger charge is -2.22. The van der Waals surface area contributed by atoms with E-state index in [-0.39, 0.29) is 24.5 Å². The van der Waals surface area contributed by atoms with Gasteiger partial charge in [-0.25, -0.2) is 4.98 Å². The molecule has 0 spiro atoms. The van der Waals surface area contributed by atoms with E-state index in [1.165, 1.54) is 0 Å². The fraction of sp³-hybridized carbons (Fsp3) is 0.722. The molecular formula is C18H31N6O4P. The molecule has 1 fully saturated rings. The molecule has 0 unspecified atom stereocenters. The quantitative estimate of drug-likeness (QED) is 0.452. The van der Waals surface area contributed by atoms with Gasteiger partial charge in [0.25, 0.3) is 0 Å². The Hall–Kier alpha value is -1.74. The molecule has 0 bridgehead atoms. The van der Waals surface area contributed by atoms with Crippen LogP contribution in [0.15, 0.2) is 6.33 Å². The van der Waals surface area contributed by atoms with E-state index in [4.69, 9.17) is 19.5 Å². The summed E-state index contributed by atoms with van der Waals surface area (Å²) in [6, 6.07) is 0. The van der Waals surface area contributed by atoms with Gasteiger partial charge in [-0.2, -0.15) is 9.97 Å². The molecular weight excluding hydrogens is 395 g/mol. The number of hydrogen-bond acceptors (Lipinski definition) is 9. The predicted octanol–water partition coefficient (Wildman–Crippen LogP) is 3.03. The molecule has 3 rings (SSSR count). The van der Waals surface area contributed by atoms with Gasteiger partial charge in [-0.05, 0) is 40.5 Å². The van der Waals surface area contributed by atoms with E-state index in [1.54, 1.807) is 6.33 Å². The van der Waals surface area contributed by atoms with Gasteiger partial charge in [-0.15, -0.1) is 0 Å². The maximum Gasteiger partial charge on any atom is 0.356 e. The lowest BCUT2D eigenvalue weighted by molar-refractivity contribution is 0.0961. The molecule has 0 aliphatic carbocycles. The standard InChI is InChI=1S/C18H31N6O4P/c1-13(2)27-29(25,28-14(3)4)12-26-10-9-24-11-20-15-16(23-7-5-6-8-23)21-18(19)22-17(15)24/h11,13-14H,5-10,12H2,1-4H3,(H2,19,21,22). The molecule has 3 heterocycles. The zero-order valence-corrected chi connectivity index (χ0v) is 18.5. The highest BCUT2D eigenvalue weighted by Crippen LogP contribution is 2.50. The van der Waals surface area contributed by atoms with Crippen molar-refractivity contribution < 1.29 is 18.3 Å². The second-order valence-electron chi connectivity index (χ2n) is 7.67. The highest BCUT2D eigenvalue weighted by Gasteiger charge is 2.28. The summed E-state index contributed by atoms with van der Waals surface area (Å²) in [5.41, 5.74) is 7.34. The Morgan fingerprint density at radius 2 is 1.79 bits per heavy atom. The summed E-state index contributed by atoms with van der Waals surface area (Å²) in [5, 5.41) is 0. The monoisotopic (exact) mass is 426 g/mol. The Balaban J connectivity index is 1.65. The number of fused-ring (bicyclic) bond motifs is 1. The normalized spacial score (nSPS) is 15.3. The van der Waals surface area contributed by atoms with Gasteiger partial charge in [0.15, 0.2) is 17.0 Å². The van der Waals surface area contributed by atoms with Crippen LogP contribution in [0.2, 0.25) is 0 Å². The Morgan fingerprint density at radius 1 is 1.14 bits per heavy atom. The summed E-state index contributed by atoms with van der Waals surface area (Å²) in [6.07, 6.45) is 3.44. The van der Waals surface area contributed by atoms with Gasteiger partial charge >= 0.3 is 7.60 Å². The number of nitrogens with two attached hydrogens (primary N) is 1. The van der Waals surface area contributed by atoms with E-state index >= 15 is 0 Å². The first-order valence-electron chi connectivity index (χ1n) is 10.0. The number of aromatic nitrogens is 4. The number of nitrogens with zero attached hydrogens (tertiary/aromatic N) is 5. The molecule has 162 valence electrons. The lowest BCUT2D eigenvalue weighted by Crippen LogP contribution is -2.20. The van der Waals surface area contributed by atoms with E-state index in [9.17, 15) is 4.57 Å². The van der Waals surface area contributed by atoms with Gasteiger partial charge in [0, 0.05) is 19.6 Å². The van der Waals surface area contributed by atoms with Crippen LogP contribution in [0.25, 0.3) is 11.2 Å². The van der Waals surface area contributed by atoms with Crippen molar-refractivity contribution in [1.82, 2.24) is 19.5 Å². The largest absolute Gasteiger partial charge is 0.368 e. The van der Waals surface area contributed by atoms with Crippen LogP contribution in [-0.2, 0) is 24.9 Å². The average molecular weight is 426 g/mol. The lowest BCUT2D eigenvalue weighted by atomic mass is 10.4. The predicted molar refractivity (Wildman–Crippen MR) is 112 cm³/mol. The summed E-state index contributed by atoms with van der Waals surface area (Å²) in [5.74, 6) is 1.01. The summed E-state index contributed by atoms with van der Waals surface area (Å²) in [4.78, 5) is 15.4. The maximum absolute atomic E-state index is 12.8. The maximum atomic E-state index is 12.8. The number of imidazole rings is 1. The third kappa shape index (κ3) is 5.66. The summed E-state index contributed by atoms with van der Waals surface area (Å²) < 4.78 is 31.3.